The van der Waals surface area contributed by atoms with Gasteiger partial charge in [0.1, 0.15) is 12.4 Å². The van der Waals surface area contributed by atoms with Gasteiger partial charge in [0.2, 0.25) is 0 Å². The third-order valence-corrected chi connectivity index (χ3v) is 5.19. The molecule has 0 bridgehead atoms. The lowest BCUT2D eigenvalue weighted by Gasteiger charge is -2.16. The van der Waals surface area contributed by atoms with Gasteiger partial charge in [-0.15, -0.1) is 0 Å². The number of unbranched alkanes of at least 4 members (excludes halogenated alkanes) is 5. The number of nitrogens with zero attached hydrogens (tertiary/aromatic N) is 1. The molecular formula is C26H35NO4. The van der Waals surface area contributed by atoms with E-state index in [1.165, 1.54) is 44.1 Å². The fraction of sp³-hybridized carbons (Fsp3) is 0.462. The predicted octanol–water partition coefficient (Wildman–Crippen LogP) is 6.23. The maximum atomic E-state index is 10.6. The van der Waals surface area contributed by atoms with E-state index in [9.17, 15) is 4.79 Å². The van der Waals surface area contributed by atoms with E-state index in [-0.39, 0.29) is 6.61 Å². The van der Waals surface area contributed by atoms with Crippen LogP contribution >= 0.6 is 0 Å². The Balaban J connectivity index is 1.78. The van der Waals surface area contributed by atoms with Crippen LogP contribution in [0.2, 0.25) is 0 Å². The van der Waals surface area contributed by atoms with E-state index in [1.54, 1.807) is 12.3 Å². The highest BCUT2D eigenvalue weighted by atomic mass is 16.6. The molecule has 1 atom stereocenters. The summed E-state index contributed by atoms with van der Waals surface area (Å²) in [6, 6.07) is 17.9. The number of carbonyl (C=O) groups is 1. The number of hydrogen-bond acceptors (Lipinski definition) is 4. The lowest BCUT2D eigenvalue weighted by molar-refractivity contribution is -0.139. The molecule has 1 N–H and O–H groups in total. The molecule has 2 aromatic rings. The normalized spacial score (nSPS) is 12.0. The summed E-state index contributed by atoms with van der Waals surface area (Å²) in [5, 5.41) is 12.9. The van der Waals surface area contributed by atoms with Crippen molar-refractivity contribution in [2.75, 3.05) is 13.2 Å². The number of hydrogen-bond donors (Lipinski definition) is 1. The van der Waals surface area contributed by atoms with Crippen molar-refractivity contribution >= 4 is 12.2 Å². The molecule has 0 fully saturated rings. The van der Waals surface area contributed by atoms with E-state index in [4.69, 9.17) is 14.7 Å². The first-order valence-corrected chi connectivity index (χ1v) is 11.3. The standard InChI is InChI=1S/C26H35NO4/c1-2-3-4-5-6-8-15-24(23-13-9-7-10-14-23)20-31-27-18-17-22-12-11-16-25(19-22)30-21-26(28)29/h7,9-14,16,18-19,24H,2-6,8,15,17,20-21H2,1H3,(H,28,29)/b27-18-. The Hall–Kier alpha value is -2.82. The molecule has 0 saturated carbocycles. The topological polar surface area (TPSA) is 68.1 Å². The summed E-state index contributed by atoms with van der Waals surface area (Å²) in [5.41, 5.74) is 2.29. The minimum atomic E-state index is -0.991. The fourth-order valence-corrected chi connectivity index (χ4v) is 3.48. The van der Waals surface area contributed by atoms with Crippen LogP contribution in [0.15, 0.2) is 59.8 Å². The number of ether oxygens (including phenoxy) is 1. The number of carboxylic acid groups (broad SMARTS) is 1. The Bertz CT molecular complexity index is 776. The minimum absolute atomic E-state index is 0.345. The average molecular weight is 426 g/mol. The van der Waals surface area contributed by atoms with Crippen molar-refractivity contribution in [1.29, 1.82) is 0 Å². The van der Waals surface area contributed by atoms with E-state index in [1.807, 2.05) is 24.3 Å². The van der Waals surface area contributed by atoms with Crippen molar-refractivity contribution in [1.82, 2.24) is 0 Å². The average Bonchev–Trinajstić information content (AvgIpc) is 2.79. The zero-order chi connectivity index (χ0) is 22.2. The van der Waals surface area contributed by atoms with Crippen molar-refractivity contribution in [2.24, 2.45) is 5.16 Å². The van der Waals surface area contributed by atoms with Gasteiger partial charge in [-0.1, -0.05) is 93.1 Å². The van der Waals surface area contributed by atoms with Gasteiger partial charge >= 0.3 is 5.97 Å². The number of benzene rings is 2. The van der Waals surface area contributed by atoms with E-state index in [0.29, 0.717) is 24.7 Å². The molecule has 1 unspecified atom stereocenters. The molecule has 0 saturated heterocycles. The molecule has 0 radical (unpaired) electrons. The van der Waals surface area contributed by atoms with Gasteiger partial charge in [0.15, 0.2) is 6.61 Å². The molecule has 0 heterocycles. The van der Waals surface area contributed by atoms with Crippen LogP contribution in [0.25, 0.3) is 0 Å². The molecular weight excluding hydrogens is 390 g/mol. The molecule has 2 aromatic carbocycles. The molecule has 5 nitrogen and oxygen atoms in total. The van der Waals surface area contributed by atoms with Crippen molar-refractivity contribution in [3.05, 3.63) is 65.7 Å². The van der Waals surface area contributed by atoms with Crippen LogP contribution in [0.5, 0.6) is 5.75 Å². The summed E-state index contributed by atoms with van der Waals surface area (Å²) in [6.07, 6.45) is 11.2. The molecule has 5 heteroatoms. The highest BCUT2D eigenvalue weighted by Crippen LogP contribution is 2.23. The molecule has 0 aliphatic rings. The maximum absolute atomic E-state index is 10.6. The Morgan fingerprint density at radius 3 is 2.58 bits per heavy atom. The van der Waals surface area contributed by atoms with Crippen molar-refractivity contribution in [3.8, 4) is 5.75 Å². The summed E-state index contributed by atoms with van der Waals surface area (Å²) in [7, 11) is 0. The maximum Gasteiger partial charge on any atom is 0.341 e. The molecule has 0 aliphatic carbocycles. The second kappa shape index (κ2) is 15.1. The highest BCUT2D eigenvalue weighted by molar-refractivity contribution is 5.68. The second-order valence-electron chi connectivity index (χ2n) is 7.78. The molecule has 0 amide bonds. The van der Waals surface area contributed by atoms with Crippen LogP contribution in [-0.2, 0) is 16.1 Å². The number of rotatable bonds is 16. The van der Waals surface area contributed by atoms with Gasteiger partial charge in [-0.2, -0.15) is 0 Å². The van der Waals surface area contributed by atoms with Crippen LogP contribution in [0.1, 0.15) is 68.9 Å². The van der Waals surface area contributed by atoms with Gasteiger partial charge in [-0.25, -0.2) is 4.79 Å². The van der Waals surface area contributed by atoms with Gasteiger partial charge < -0.3 is 14.7 Å². The molecule has 0 aromatic heterocycles. The third kappa shape index (κ3) is 10.7. The van der Waals surface area contributed by atoms with E-state index in [2.05, 4.69) is 36.3 Å². The summed E-state index contributed by atoms with van der Waals surface area (Å²) < 4.78 is 5.21. The van der Waals surface area contributed by atoms with Crippen molar-refractivity contribution in [2.45, 2.75) is 64.2 Å². The molecule has 2 rings (SSSR count). The van der Waals surface area contributed by atoms with Crippen molar-refractivity contribution < 1.29 is 19.5 Å². The van der Waals surface area contributed by atoms with Gasteiger partial charge in [0, 0.05) is 18.6 Å². The Morgan fingerprint density at radius 2 is 1.81 bits per heavy atom. The first-order valence-electron chi connectivity index (χ1n) is 11.3. The first-order chi connectivity index (χ1) is 15.2. The molecule has 0 spiro atoms. The SMILES string of the molecule is CCCCCCCCC(CO/N=C\Cc1cccc(OCC(=O)O)c1)c1ccccc1. The first kappa shape index (κ1) is 24.4. The second-order valence-corrected chi connectivity index (χ2v) is 7.78. The monoisotopic (exact) mass is 425 g/mol. The van der Waals surface area contributed by atoms with E-state index >= 15 is 0 Å². The fourth-order valence-electron chi connectivity index (χ4n) is 3.48. The Kier molecular flexibility index (Phi) is 11.9. The quantitative estimate of drug-likeness (QED) is 0.197. The van der Waals surface area contributed by atoms with Crippen LogP contribution in [0.4, 0.5) is 0 Å². The van der Waals surface area contributed by atoms with E-state index in [0.717, 1.165) is 12.0 Å². The summed E-state index contributed by atoms with van der Waals surface area (Å²) >= 11 is 0. The van der Waals surface area contributed by atoms with Gasteiger partial charge in [-0.05, 0) is 29.7 Å². The zero-order valence-corrected chi connectivity index (χ0v) is 18.5. The van der Waals surface area contributed by atoms with Gasteiger partial charge in [-0.3, -0.25) is 0 Å². The number of carboxylic acids is 1. The van der Waals surface area contributed by atoms with Crippen LogP contribution in [0.3, 0.4) is 0 Å². The smallest absolute Gasteiger partial charge is 0.341 e. The third-order valence-electron chi connectivity index (χ3n) is 5.19. The summed E-state index contributed by atoms with van der Waals surface area (Å²) in [5.74, 6) is -0.108. The van der Waals surface area contributed by atoms with Gasteiger partial charge in [0.05, 0.1) is 0 Å². The van der Waals surface area contributed by atoms with Gasteiger partial charge in [0.25, 0.3) is 0 Å². The Morgan fingerprint density at radius 1 is 1.03 bits per heavy atom. The Labute approximate surface area is 186 Å². The zero-order valence-electron chi connectivity index (χ0n) is 18.5. The molecule has 168 valence electrons. The predicted molar refractivity (Wildman–Crippen MR) is 125 cm³/mol. The van der Waals surface area contributed by atoms with Crippen LogP contribution < -0.4 is 4.74 Å². The number of oxime groups is 1. The lowest BCUT2D eigenvalue weighted by Crippen LogP contribution is -2.09. The van der Waals surface area contributed by atoms with Crippen molar-refractivity contribution in [3.63, 3.8) is 0 Å². The van der Waals surface area contributed by atoms with Crippen LogP contribution in [0, 0.1) is 0 Å². The summed E-state index contributed by atoms with van der Waals surface area (Å²) in [6.45, 7) is 2.46. The number of aliphatic carboxylic acids is 1. The highest BCUT2D eigenvalue weighted by Gasteiger charge is 2.12. The minimum Gasteiger partial charge on any atom is -0.482 e. The molecule has 31 heavy (non-hydrogen) atoms. The summed E-state index contributed by atoms with van der Waals surface area (Å²) in [4.78, 5) is 16.3. The van der Waals surface area contributed by atoms with E-state index < -0.39 is 5.97 Å². The van der Waals surface area contributed by atoms with Crippen LogP contribution in [-0.4, -0.2) is 30.5 Å². The largest absolute Gasteiger partial charge is 0.482 e. The molecule has 0 aliphatic heterocycles. The lowest BCUT2D eigenvalue weighted by atomic mass is 9.93.